The molecule has 70 valence electrons. The monoisotopic (exact) mass is 259 g/mol. The predicted molar refractivity (Wildman–Crippen MR) is 59.3 cm³/mol. The van der Waals surface area contributed by atoms with Gasteiger partial charge in [0, 0.05) is 10.5 Å². The molecule has 0 aromatic heterocycles. The quantitative estimate of drug-likeness (QED) is 0.862. The number of hydrogen-bond acceptors (Lipinski definition) is 1. The molecule has 0 aliphatic carbocycles. The standard InChI is InChI=1S/C10H11BrClN/c11-9-2-1-7(6-10(9)12)5-8-3-4-13-8/h1-2,6,8,13H,3-5H2. The van der Waals surface area contributed by atoms with Gasteiger partial charge in [-0.25, -0.2) is 0 Å². The van der Waals surface area contributed by atoms with Crippen molar-refractivity contribution in [1.29, 1.82) is 0 Å². The maximum absolute atomic E-state index is 5.99. The van der Waals surface area contributed by atoms with Gasteiger partial charge in [0.05, 0.1) is 5.02 Å². The predicted octanol–water partition coefficient (Wildman–Crippen LogP) is 3.01. The van der Waals surface area contributed by atoms with E-state index in [0.717, 1.165) is 22.5 Å². The Labute approximate surface area is 91.6 Å². The van der Waals surface area contributed by atoms with E-state index in [0.29, 0.717) is 6.04 Å². The highest BCUT2D eigenvalue weighted by molar-refractivity contribution is 9.10. The molecule has 0 amide bonds. The molecule has 1 aliphatic heterocycles. The van der Waals surface area contributed by atoms with Gasteiger partial charge in [-0.1, -0.05) is 17.7 Å². The fourth-order valence-electron chi connectivity index (χ4n) is 1.47. The van der Waals surface area contributed by atoms with Crippen molar-refractivity contribution in [2.45, 2.75) is 18.9 Å². The van der Waals surface area contributed by atoms with Gasteiger partial charge in [-0.3, -0.25) is 0 Å². The summed E-state index contributed by atoms with van der Waals surface area (Å²) in [7, 11) is 0. The highest BCUT2D eigenvalue weighted by Gasteiger charge is 2.16. The molecular formula is C10H11BrClN. The van der Waals surface area contributed by atoms with Crippen LogP contribution in [0, 0.1) is 0 Å². The molecule has 3 heteroatoms. The van der Waals surface area contributed by atoms with Crippen LogP contribution >= 0.6 is 27.5 Å². The molecule has 0 spiro atoms. The van der Waals surface area contributed by atoms with E-state index in [1.54, 1.807) is 0 Å². The lowest BCUT2D eigenvalue weighted by atomic mass is 9.98. The molecule has 1 aromatic carbocycles. The van der Waals surface area contributed by atoms with Crippen molar-refractivity contribution in [1.82, 2.24) is 5.32 Å². The molecule has 1 fully saturated rings. The van der Waals surface area contributed by atoms with Crippen molar-refractivity contribution in [2.75, 3.05) is 6.54 Å². The van der Waals surface area contributed by atoms with Crippen molar-refractivity contribution < 1.29 is 0 Å². The van der Waals surface area contributed by atoms with Crippen LogP contribution in [-0.2, 0) is 6.42 Å². The summed E-state index contributed by atoms with van der Waals surface area (Å²) in [5, 5.41) is 4.18. The first-order valence-electron chi connectivity index (χ1n) is 4.43. The van der Waals surface area contributed by atoms with Gasteiger partial charge in [0.15, 0.2) is 0 Å². The number of hydrogen-bond donors (Lipinski definition) is 1. The molecule has 1 nitrogen and oxygen atoms in total. The normalized spacial score (nSPS) is 21.2. The summed E-state index contributed by atoms with van der Waals surface area (Å²) in [5.41, 5.74) is 1.31. The van der Waals surface area contributed by atoms with Gasteiger partial charge >= 0.3 is 0 Å². The third-order valence-corrected chi connectivity index (χ3v) is 3.62. The maximum Gasteiger partial charge on any atom is 0.0550 e. The second-order valence-electron chi connectivity index (χ2n) is 3.39. The summed E-state index contributed by atoms with van der Waals surface area (Å²) in [6.45, 7) is 1.16. The Morgan fingerprint density at radius 3 is 2.85 bits per heavy atom. The van der Waals surface area contributed by atoms with Crippen LogP contribution in [0.2, 0.25) is 5.02 Å². The van der Waals surface area contributed by atoms with Crippen LogP contribution in [0.3, 0.4) is 0 Å². The lowest BCUT2D eigenvalue weighted by Gasteiger charge is -2.27. The molecule has 1 aliphatic rings. The van der Waals surface area contributed by atoms with E-state index in [2.05, 4.69) is 27.3 Å². The van der Waals surface area contributed by atoms with Gasteiger partial charge < -0.3 is 5.32 Å². The summed E-state index contributed by atoms with van der Waals surface area (Å²) in [6, 6.07) is 6.83. The highest BCUT2D eigenvalue weighted by atomic mass is 79.9. The second-order valence-corrected chi connectivity index (χ2v) is 4.65. The van der Waals surface area contributed by atoms with Crippen molar-refractivity contribution in [2.24, 2.45) is 0 Å². The van der Waals surface area contributed by atoms with Crippen LogP contribution in [0.25, 0.3) is 0 Å². The largest absolute Gasteiger partial charge is 0.314 e. The average Bonchev–Trinajstić information content (AvgIpc) is 2.04. The smallest absolute Gasteiger partial charge is 0.0550 e. The fourth-order valence-corrected chi connectivity index (χ4v) is 1.92. The van der Waals surface area contributed by atoms with Gasteiger partial charge in [0.1, 0.15) is 0 Å². The summed E-state index contributed by atoms with van der Waals surface area (Å²) in [5.74, 6) is 0. The average molecular weight is 261 g/mol. The van der Waals surface area contributed by atoms with Crippen LogP contribution in [0.15, 0.2) is 22.7 Å². The molecule has 1 saturated heterocycles. The molecular weight excluding hydrogens is 249 g/mol. The molecule has 2 rings (SSSR count). The van der Waals surface area contributed by atoms with Crippen molar-refractivity contribution in [3.8, 4) is 0 Å². The molecule has 1 unspecified atom stereocenters. The maximum atomic E-state index is 5.99. The second kappa shape index (κ2) is 3.99. The van der Waals surface area contributed by atoms with E-state index in [4.69, 9.17) is 11.6 Å². The van der Waals surface area contributed by atoms with Crippen LogP contribution in [0.5, 0.6) is 0 Å². The van der Waals surface area contributed by atoms with E-state index < -0.39 is 0 Å². The topological polar surface area (TPSA) is 12.0 Å². The van der Waals surface area contributed by atoms with E-state index in [-0.39, 0.29) is 0 Å². The Morgan fingerprint density at radius 2 is 2.31 bits per heavy atom. The number of benzene rings is 1. The Bertz CT molecular complexity index is 310. The van der Waals surface area contributed by atoms with Gasteiger partial charge in [0.25, 0.3) is 0 Å². The van der Waals surface area contributed by atoms with Gasteiger partial charge in [-0.05, 0) is 53.0 Å². The molecule has 0 radical (unpaired) electrons. The molecule has 1 atom stereocenters. The van der Waals surface area contributed by atoms with E-state index in [1.807, 2.05) is 12.1 Å². The Morgan fingerprint density at radius 1 is 1.54 bits per heavy atom. The molecule has 1 N–H and O–H groups in total. The number of rotatable bonds is 2. The lowest BCUT2D eigenvalue weighted by Crippen LogP contribution is -2.44. The molecule has 1 aromatic rings. The number of nitrogens with one attached hydrogen (secondary N) is 1. The summed E-state index contributed by atoms with van der Waals surface area (Å²) >= 11 is 9.37. The first-order chi connectivity index (χ1) is 6.25. The van der Waals surface area contributed by atoms with Crippen LogP contribution < -0.4 is 5.32 Å². The van der Waals surface area contributed by atoms with Crippen molar-refractivity contribution >= 4 is 27.5 Å². The van der Waals surface area contributed by atoms with E-state index >= 15 is 0 Å². The summed E-state index contributed by atoms with van der Waals surface area (Å²) in [4.78, 5) is 0. The van der Waals surface area contributed by atoms with E-state index in [9.17, 15) is 0 Å². The lowest BCUT2D eigenvalue weighted by molar-refractivity contribution is 0.369. The zero-order valence-corrected chi connectivity index (χ0v) is 9.53. The molecule has 1 heterocycles. The zero-order valence-electron chi connectivity index (χ0n) is 7.19. The Hall–Kier alpha value is -0.0500. The van der Waals surface area contributed by atoms with E-state index in [1.165, 1.54) is 12.0 Å². The van der Waals surface area contributed by atoms with Crippen LogP contribution in [0.1, 0.15) is 12.0 Å². The first kappa shape index (κ1) is 9.50. The third-order valence-electron chi connectivity index (χ3n) is 2.39. The van der Waals surface area contributed by atoms with Crippen LogP contribution in [0.4, 0.5) is 0 Å². The number of halogens is 2. The highest BCUT2D eigenvalue weighted by Crippen LogP contribution is 2.24. The third kappa shape index (κ3) is 2.25. The summed E-state index contributed by atoms with van der Waals surface area (Å²) < 4.78 is 0.972. The minimum absolute atomic E-state index is 0.664. The SMILES string of the molecule is Clc1cc(CC2CCN2)ccc1Br. The van der Waals surface area contributed by atoms with Gasteiger partial charge in [-0.15, -0.1) is 0 Å². The van der Waals surface area contributed by atoms with Gasteiger partial charge in [0.2, 0.25) is 0 Å². The summed E-state index contributed by atoms with van der Waals surface area (Å²) in [6.07, 6.45) is 2.38. The molecule has 0 bridgehead atoms. The van der Waals surface area contributed by atoms with Crippen LogP contribution in [-0.4, -0.2) is 12.6 Å². The fraction of sp³-hybridized carbons (Fsp3) is 0.400. The Kier molecular flexibility index (Phi) is 2.92. The minimum Gasteiger partial charge on any atom is -0.314 e. The molecule has 13 heavy (non-hydrogen) atoms. The molecule has 0 saturated carbocycles. The minimum atomic E-state index is 0.664. The Balaban J connectivity index is 2.07. The van der Waals surface area contributed by atoms with Crippen molar-refractivity contribution in [3.63, 3.8) is 0 Å². The zero-order chi connectivity index (χ0) is 9.26. The van der Waals surface area contributed by atoms with Gasteiger partial charge in [-0.2, -0.15) is 0 Å². The first-order valence-corrected chi connectivity index (χ1v) is 5.60. The van der Waals surface area contributed by atoms with Crippen molar-refractivity contribution in [3.05, 3.63) is 33.3 Å².